The van der Waals surface area contributed by atoms with Crippen LogP contribution in [0.1, 0.15) is 5.56 Å². The summed E-state index contributed by atoms with van der Waals surface area (Å²) in [6, 6.07) is 4.45. The minimum atomic E-state index is -3.76. The fourth-order valence-electron chi connectivity index (χ4n) is 1.94. The first kappa shape index (κ1) is 13.7. The molecule has 112 valence electrons. The lowest BCUT2D eigenvalue weighted by Crippen LogP contribution is -2.18. The average Bonchev–Trinajstić information content (AvgIpc) is 2.93. The molecule has 0 atom stereocenters. The van der Waals surface area contributed by atoms with Crippen molar-refractivity contribution in [1.82, 2.24) is 10.2 Å². The Kier molecular flexibility index (Phi) is 3.43. The SMILES string of the molecule is NCc1cn[nH]c1NS(=O)(=O)c1ccc2c(c1)OCCO2. The molecule has 1 aromatic carbocycles. The second-order valence-electron chi connectivity index (χ2n) is 4.39. The standard InChI is InChI=1S/C12H14N4O4S/c13-6-8-7-14-15-12(8)16-21(17,18)9-1-2-10-11(5-9)20-4-3-19-10/h1-2,5,7H,3-4,6,13H2,(H2,14,15,16). The van der Waals surface area contributed by atoms with Crippen molar-refractivity contribution in [3.63, 3.8) is 0 Å². The van der Waals surface area contributed by atoms with Crippen molar-refractivity contribution in [2.45, 2.75) is 11.4 Å². The molecule has 0 amide bonds. The third-order valence-electron chi connectivity index (χ3n) is 3.00. The van der Waals surface area contributed by atoms with Crippen LogP contribution in [0, 0.1) is 0 Å². The van der Waals surface area contributed by atoms with E-state index in [9.17, 15) is 8.42 Å². The third kappa shape index (κ3) is 2.65. The summed E-state index contributed by atoms with van der Waals surface area (Å²) < 4.78 is 37.9. The number of hydrogen-bond acceptors (Lipinski definition) is 6. The number of nitrogens with one attached hydrogen (secondary N) is 2. The fraction of sp³-hybridized carbons (Fsp3) is 0.250. The smallest absolute Gasteiger partial charge is 0.263 e. The van der Waals surface area contributed by atoms with Gasteiger partial charge in [0.2, 0.25) is 0 Å². The van der Waals surface area contributed by atoms with Crippen molar-refractivity contribution < 1.29 is 17.9 Å². The van der Waals surface area contributed by atoms with E-state index in [-0.39, 0.29) is 17.3 Å². The predicted molar refractivity (Wildman–Crippen MR) is 74.7 cm³/mol. The van der Waals surface area contributed by atoms with Crippen LogP contribution < -0.4 is 19.9 Å². The first-order valence-corrected chi connectivity index (χ1v) is 7.73. The molecule has 21 heavy (non-hydrogen) atoms. The molecule has 0 spiro atoms. The van der Waals surface area contributed by atoms with Gasteiger partial charge in [0, 0.05) is 18.2 Å². The molecular formula is C12H14N4O4S. The van der Waals surface area contributed by atoms with Gasteiger partial charge in [0.1, 0.15) is 19.0 Å². The normalized spacial score (nSPS) is 14.0. The maximum Gasteiger partial charge on any atom is 0.263 e. The Labute approximate surface area is 121 Å². The van der Waals surface area contributed by atoms with Crippen molar-refractivity contribution in [2.24, 2.45) is 5.73 Å². The van der Waals surface area contributed by atoms with E-state index >= 15 is 0 Å². The quantitative estimate of drug-likeness (QED) is 0.754. The summed E-state index contributed by atoms with van der Waals surface area (Å²) in [6.45, 7) is 1.02. The lowest BCUT2D eigenvalue weighted by molar-refractivity contribution is 0.171. The molecule has 2 aromatic rings. The number of aromatic nitrogens is 2. The molecule has 8 nitrogen and oxygen atoms in total. The van der Waals surface area contributed by atoms with Gasteiger partial charge in [-0.15, -0.1) is 0 Å². The number of sulfonamides is 1. The number of nitrogens with zero attached hydrogens (tertiary/aromatic N) is 1. The molecule has 4 N–H and O–H groups in total. The van der Waals surface area contributed by atoms with E-state index in [0.717, 1.165) is 0 Å². The molecule has 9 heteroatoms. The molecular weight excluding hydrogens is 296 g/mol. The number of fused-ring (bicyclic) bond motifs is 1. The topological polar surface area (TPSA) is 119 Å². The van der Waals surface area contributed by atoms with E-state index in [0.29, 0.717) is 30.3 Å². The molecule has 3 rings (SSSR count). The van der Waals surface area contributed by atoms with E-state index in [2.05, 4.69) is 14.9 Å². The third-order valence-corrected chi connectivity index (χ3v) is 4.35. The fourth-order valence-corrected chi connectivity index (χ4v) is 3.01. The first-order valence-electron chi connectivity index (χ1n) is 6.25. The van der Waals surface area contributed by atoms with Crippen LogP contribution >= 0.6 is 0 Å². The van der Waals surface area contributed by atoms with Gasteiger partial charge in [0.05, 0.1) is 11.1 Å². The Morgan fingerprint density at radius 3 is 2.81 bits per heavy atom. The van der Waals surface area contributed by atoms with Crippen molar-refractivity contribution in [1.29, 1.82) is 0 Å². The monoisotopic (exact) mass is 310 g/mol. The number of rotatable bonds is 4. The van der Waals surface area contributed by atoms with Gasteiger partial charge in [-0.3, -0.25) is 9.82 Å². The number of anilines is 1. The van der Waals surface area contributed by atoms with E-state index in [4.69, 9.17) is 15.2 Å². The largest absolute Gasteiger partial charge is 0.486 e. The van der Waals surface area contributed by atoms with E-state index in [1.165, 1.54) is 18.3 Å². The van der Waals surface area contributed by atoms with Crippen molar-refractivity contribution >= 4 is 15.8 Å². The van der Waals surface area contributed by atoms with Crippen LogP contribution in [0.4, 0.5) is 5.82 Å². The summed E-state index contributed by atoms with van der Waals surface area (Å²) in [7, 11) is -3.76. The highest BCUT2D eigenvalue weighted by molar-refractivity contribution is 7.92. The zero-order chi connectivity index (χ0) is 14.9. The minimum absolute atomic E-state index is 0.0734. The molecule has 0 unspecified atom stereocenters. The Balaban J connectivity index is 1.91. The zero-order valence-corrected chi connectivity index (χ0v) is 11.8. The maximum absolute atomic E-state index is 12.4. The van der Waals surface area contributed by atoms with Gasteiger partial charge >= 0.3 is 0 Å². The van der Waals surface area contributed by atoms with Crippen LogP contribution in [-0.4, -0.2) is 31.8 Å². The highest BCUT2D eigenvalue weighted by Gasteiger charge is 2.20. The summed E-state index contributed by atoms with van der Waals surface area (Å²) in [5, 5.41) is 6.33. The summed E-state index contributed by atoms with van der Waals surface area (Å²) in [4.78, 5) is 0.0734. The molecule has 0 saturated carbocycles. The van der Waals surface area contributed by atoms with Crippen molar-refractivity contribution in [2.75, 3.05) is 17.9 Å². The molecule has 0 radical (unpaired) electrons. The summed E-state index contributed by atoms with van der Waals surface area (Å²) in [5.41, 5.74) is 6.09. The van der Waals surface area contributed by atoms with Gasteiger partial charge in [0.15, 0.2) is 11.5 Å². The summed E-state index contributed by atoms with van der Waals surface area (Å²) in [5.74, 6) is 1.20. The van der Waals surface area contributed by atoms with Gasteiger partial charge in [-0.2, -0.15) is 5.10 Å². The van der Waals surface area contributed by atoms with Crippen LogP contribution in [0.3, 0.4) is 0 Å². The number of ether oxygens (including phenoxy) is 2. The number of hydrogen-bond donors (Lipinski definition) is 3. The number of H-pyrrole nitrogens is 1. The number of nitrogens with two attached hydrogens (primary N) is 1. The van der Waals surface area contributed by atoms with E-state index < -0.39 is 10.0 Å². The second kappa shape index (κ2) is 5.26. The molecule has 1 aliphatic heterocycles. The van der Waals surface area contributed by atoms with Crippen molar-refractivity contribution in [3.8, 4) is 11.5 Å². The van der Waals surface area contributed by atoms with Gasteiger partial charge in [-0.05, 0) is 12.1 Å². The molecule has 2 heterocycles. The molecule has 0 bridgehead atoms. The predicted octanol–water partition coefficient (Wildman–Crippen LogP) is 0.440. The van der Waals surface area contributed by atoms with Crippen LogP contribution in [-0.2, 0) is 16.6 Å². The summed E-state index contributed by atoms with van der Waals surface area (Å²) >= 11 is 0. The average molecular weight is 310 g/mol. The Morgan fingerprint density at radius 1 is 1.29 bits per heavy atom. The Bertz CT molecular complexity index is 756. The second-order valence-corrected chi connectivity index (χ2v) is 6.07. The highest BCUT2D eigenvalue weighted by Crippen LogP contribution is 2.32. The van der Waals surface area contributed by atoms with Gasteiger partial charge < -0.3 is 15.2 Å². The van der Waals surface area contributed by atoms with Gasteiger partial charge in [-0.1, -0.05) is 0 Å². The first-order chi connectivity index (χ1) is 10.1. The Hall–Kier alpha value is -2.26. The Morgan fingerprint density at radius 2 is 2.05 bits per heavy atom. The lowest BCUT2D eigenvalue weighted by Gasteiger charge is -2.19. The lowest BCUT2D eigenvalue weighted by atomic mass is 10.3. The van der Waals surface area contributed by atoms with Crippen molar-refractivity contribution in [3.05, 3.63) is 30.0 Å². The summed E-state index contributed by atoms with van der Waals surface area (Å²) in [6.07, 6.45) is 1.47. The molecule has 0 aliphatic carbocycles. The highest BCUT2D eigenvalue weighted by atomic mass is 32.2. The van der Waals surface area contributed by atoms with Crippen LogP contribution in [0.25, 0.3) is 0 Å². The minimum Gasteiger partial charge on any atom is -0.486 e. The van der Waals surface area contributed by atoms with Gasteiger partial charge in [-0.25, -0.2) is 8.42 Å². The molecule has 0 fully saturated rings. The number of aromatic amines is 1. The van der Waals surface area contributed by atoms with Gasteiger partial charge in [0.25, 0.3) is 10.0 Å². The van der Waals surface area contributed by atoms with Crippen LogP contribution in [0.2, 0.25) is 0 Å². The van der Waals surface area contributed by atoms with E-state index in [1.54, 1.807) is 6.07 Å². The van der Waals surface area contributed by atoms with Crippen LogP contribution in [0.5, 0.6) is 11.5 Å². The van der Waals surface area contributed by atoms with E-state index in [1.807, 2.05) is 0 Å². The zero-order valence-electron chi connectivity index (χ0n) is 11.0. The number of benzene rings is 1. The van der Waals surface area contributed by atoms with Crippen LogP contribution in [0.15, 0.2) is 29.3 Å². The molecule has 1 aliphatic rings. The molecule has 0 saturated heterocycles. The molecule has 1 aromatic heterocycles. The maximum atomic E-state index is 12.4.